The van der Waals surface area contributed by atoms with Gasteiger partial charge in [0.05, 0.1) is 5.60 Å². The Labute approximate surface area is 167 Å². The number of aromatic nitrogens is 1. The first-order valence-corrected chi connectivity index (χ1v) is 10.2. The summed E-state index contributed by atoms with van der Waals surface area (Å²) in [6, 6.07) is 13.7. The predicted molar refractivity (Wildman–Crippen MR) is 110 cm³/mol. The zero-order valence-corrected chi connectivity index (χ0v) is 16.9. The molecule has 2 aromatic carbocycles. The molecule has 3 aromatic rings. The van der Waals surface area contributed by atoms with Crippen LogP contribution in [0.4, 0.5) is 0 Å². The molecule has 1 aliphatic carbocycles. The van der Waals surface area contributed by atoms with Gasteiger partial charge in [0.15, 0.2) is 0 Å². The van der Waals surface area contributed by atoms with Gasteiger partial charge in [0.1, 0.15) is 5.75 Å². The highest BCUT2D eigenvalue weighted by atomic mass is 79.9. The number of phenols is 1. The lowest BCUT2D eigenvalue weighted by molar-refractivity contribution is -0.0972. The maximum atomic E-state index is 12.0. The number of nitrogens with zero attached hydrogens (tertiary/aromatic N) is 1. The van der Waals surface area contributed by atoms with Crippen molar-refractivity contribution in [1.29, 1.82) is 0 Å². The van der Waals surface area contributed by atoms with Gasteiger partial charge in [-0.05, 0) is 55.4 Å². The first kappa shape index (κ1) is 17.3. The fourth-order valence-electron chi connectivity index (χ4n) is 5.35. The third-order valence-corrected chi connectivity index (χ3v) is 7.32. The van der Waals surface area contributed by atoms with Gasteiger partial charge in [-0.3, -0.25) is 0 Å². The van der Waals surface area contributed by atoms with Crippen LogP contribution < -0.4 is 0 Å². The molecule has 0 spiro atoms. The zero-order valence-electron chi connectivity index (χ0n) is 15.3. The number of aromatic hydroxyl groups is 1. The van der Waals surface area contributed by atoms with E-state index in [1.165, 1.54) is 16.6 Å². The molecule has 5 heteroatoms. The predicted octanol–water partition coefficient (Wildman–Crippen LogP) is 3.74. The topological polar surface area (TPSA) is 59.5 Å². The van der Waals surface area contributed by atoms with E-state index in [9.17, 15) is 10.2 Å². The summed E-state index contributed by atoms with van der Waals surface area (Å²) in [6.45, 7) is 1.55. The van der Waals surface area contributed by atoms with Crippen LogP contribution in [0.25, 0.3) is 10.9 Å². The normalized spacial score (nSPS) is 28.1. The van der Waals surface area contributed by atoms with Gasteiger partial charge in [-0.2, -0.15) is 0 Å². The van der Waals surface area contributed by atoms with Gasteiger partial charge in [0.2, 0.25) is 0 Å². The van der Waals surface area contributed by atoms with E-state index in [-0.39, 0.29) is 5.75 Å². The van der Waals surface area contributed by atoms with Crippen LogP contribution in [0.15, 0.2) is 46.9 Å². The molecular formula is C22H23BrN2O2. The highest BCUT2D eigenvalue weighted by Gasteiger charge is 2.57. The first-order chi connectivity index (χ1) is 12.9. The van der Waals surface area contributed by atoms with Crippen LogP contribution in [0.2, 0.25) is 0 Å². The molecule has 3 N–H and O–H groups in total. The van der Waals surface area contributed by atoms with Gasteiger partial charge < -0.3 is 20.1 Å². The molecule has 2 aliphatic rings. The van der Waals surface area contributed by atoms with E-state index in [2.05, 4.69) is 51.1 Å². The monoisotopic (exact) mass is 426 g/mol. The molecule has 1 aliphatic heterocycles. The number of likely N-dealkylation sites (tertiary alicyclic amines) is 1. The second-order valence-corrected chi connectivity index (χ2v) is 9.10. The van der Waals surface area contributed by atoms with Gasteiger partial charge in [-0.1, -0.05) is 34.1 Å². The van der Waals surface area contributed by atoms with Crippen molar-refractivity contribution in [3.05, 3.63) is 63.8 Å². The summed E-state index contributed by atoms with van der Waals surface area (Å²) >= 11 is 3.70. The van der Waals surface area contributed by atoms with Crippen molar-refractivity contribution < 1.29 is 10.2 Å². The summed E-state index contributed by atoms with van der Waals surface area (Å²) in [5, 5.41) is 23.3. The number of halogens is 1. The largest absolute Gasteiger partial charge is 0.508 e. The molecule has 5 rings (SSSR count). The van der Waals surface area contributed by atoms with Crippen LogP contribution in [0.5, 0.6) is 5.75 Å². The molecule has 4 nitrogen and oxygen atoms in total. The number of nitrogens with one attached hydrogen (secondary N) is 1. The molecule has 0 radical (unpaired) electrons. The van der Waals surface area contributed by atoms with Gasteiger partial charge in [0, 0.05) is 45.9 Å². The van der Waals surface area contributed by atoms with Crippen molar-refractivity contribution in [2.45, 2.75) is 30.3 Å². The maximum Gasteiger partial charge on any atom is 0.115 e. The van der Waals surface area contributed by atoms with Crippen molar-refractivity contribution in [1.82, 2.24) is 9.88 Å². The van der Waals surface area contributed by atoms with Crippen LogP contribution >= 0.6 is 15.9 Å². The Morgan fingerprint density at radius 2 is 1.96 bits per heavy atom. The lowest BCUT2D eigenvalue weighted by atomic mass is 9.56. The number of likely N-dealkylation sites (N-methyl/N-ethyl adjacent to an activating group) is 1. The average molecular weight is 427 g/mol. The number of aliphatic hydroxyl groups is 1. The van der Waals surface area contributed by atoms with Gasteiger partial charge in [-0.25, -0.2) is 0 Å². The fourth-order valence-corrected chi connectivity index (χ4v) is 5.96. The highest BCUT2D eigenvalue weighted by molar-refractivity contribution is 9.10. The minimum absolute atomic E-state index is 0.258. The Morgan fingerprint density at radius 3 is 2.78 bits per heavy atom. The third kappa shape index (κ3) is 2.42. The second-order valence-electron chi connectivity index (χ2n) is 8.25. The second kappa shape index (κ2) is 5.84. The van der Waals surface area contributed by atoms with E-state index in [4.69, 9.17) is 0 Å². The van der Waals surface area contributed by atoms with E-state index in [0.29, 0.717) is 13.0 Å². The standard InChI is InChI=1S/C22H23BrN2O2/c1-25-9-8-21(14-4-2-5-15(26)10-14)12-19-16(11-22(21,27)13-25)20-17(23)6-3-7-18(20)24-19/h2-7,10,24,26-27H,8-9,11-13H2,1H3/t21-,22-/m0/s1. The molecule has 1 fully saturated rings. The van der Waals surface area contributed by atoms with E-state index in [1.807, 2.05) is 18.2 Å². The summed E-state index contributed by atoms with van der Waals surface area (Å²) in [5.74, 6) is 0.258. The number of hydrogen-bond acceptors (Lipinski definition) is 3. The number of H-pyrrole nitrogens is 1. The van der Waals surface area contributed by atoms with E-state index in [1.54, 1.807) is 6.07 Å². The zero-order chi connectivity index (χ0) is 18.8. The minimum atomic E-state index is -0.884. The fraction of sp³-hybridized carbons (Fsp3) is 0.364. The molecule has 0 saturated carbocycles. The lowest BCUT2D eigenvalue weighted by Gasteiger charge is -2.55. The third-order valence-electron chi connectivity index (χ3n) is 6.65. The molecule has 27 heavy (non-hydrogen) atoms. The van der Waals surface area contributed by atoms with E-state index >= 15 is 0 Å². The Balaban J connectivity index is 1.75. The number of phenolic OH excluding ortho intramolecular Hbond substituents is 1. The highest BCUT2D eigenvalue weighted by Crippen LogP contribution is 2.52. The summed E-state index contributed by atoms with van der Waals surface area (Å²) in [7, 11) is 2.07. The van der Waals surface area contributed by atoms with Crippen LogP contribution in [0.1, 0.15) is 23.2 Å². The quantitative estimate of drug-likeness (QED) is 0.555. The molecule has 1 saturated heterocycles. The summed E-state index contributed by atoms with van der Waals surface area (Å²) < 4.78 is 1.06. The number of piperidine rings is 1. The van der Waals surface area contributed by atoms with Crippen molar-refractivity contribution in [3.63, 3.8) is 0 Å². The summed E-state index contributed by atoms with van der Waals surface area (Å²) in [4.78, 5) is 5.83. The minimum Gasteiger partial charge on any atom is -0.508 e. The average Bonchev–Trinajstić information content (AvgIpc) is 2.97. The summed E-state index contributed by atoms with van der Waals surface area (Å²) in [5.41, 5.74) is 3.27. The maximum absolute atomic E-state index is 12.0. The number of hydrogen-bond donors (Lipinski definition) is 3. The first-order valence-electron chi connectivity index (χ1n) is 9.40. The van der Waals surface area contributed by atoms with Crippen molar-refractivity contribution in [2.24, 2.45) is 0 Å². The number of rotatable bonds is 1. The van der Waals surface area contributed by atoms with Crippen molar-refractivity contribution >= 4 is 26.8 Å². The molecule has 140 valence electrons. The van der Waals surface area contributed by atoms with Crippen molar-refractivity contribution in [3.8, 4) is 5.75 Å². The molecule has 2 heterocycles. The van der Waals surface area contributed by atoms with Gasteiger partial charge >= 0.3 is 0 Å². The van der Waals surface area contributed by atoms with E-state index < -0.39 is 11.0 Å². The Kier molecular flexibility index (Phi) is 3.74. The Morgan fingerprint density at radius 1 is 1.15 bits per heavy atom. The Bertz CT molecular complexity index is 1050. The molecule has 0 bridgehead atoms. The van der Waals surface area contributed by atoms with Crippen LogP contribution in [0, 0.1) is 0 Å². The smallest absolute Gasteiger partial charge is 0.115 e. The summed E-state index contributed by atoms with van der Waals surface area (Å²) in [6.07, 6.45) is 2.21. The van der Waals surface area contributed by atoms with Gasteiger partial charge in [-0.15, -0.1) is 0 Å². The Hall–Kier alpha value is -1.82. The number of fused-ring (bicyclic) bond motifs is 4. The van der Waals surface area contributed by atoms with Crippen LogP contribution in [0.3, 0.4) is 0 Å². The lowest BCUT2D eigenvalue weighted by Crippen LogP contribution is -2.65. The number of aromatic amines is 1. The SMILES string of the molecule is CN1CC[C@@]2(c3cccc(O)c3)Cc3[nH]c4cccc(Br)c4c3C[C@]2(O)C1. The van der Waals surface area contributed by atoms with Crippen molar-refractivity contribution in [2.75, 3.05) is 20.1 Å². The molecule has 2 atom stereocenters. The molecule has 0 amide bonds. The number of benzene rings is 2. The van der Waals surface area contributed by atoms with Crippen LogP contribution in [-0.4, -0.2) is 45.8 Å². The van der Waals surface area contributed by atoms with Gasteiger partial charge in [0.25, 0.3) is 0 Å². The molecular weight excluding hydrogens is 404 g/mol. The van der Waals surface area contributed by atoms with Crippen LogP contribution in [-0.2, 0) is 18.3 Å². The van der Waals surface area contributed by atoms with E-state index in [0.717, 1.165) is 34.9 Å². The number of β-amino-alcohol motifs (C(OH)–C–C–N with tert-alkyl or cyclic N) is 1. The molecule has 1 aromatic heterocycles. The molecule has 0 unspecified atom stereocenters.